The Hall–Kier alpha value is -1.78. The molecule has 1 aromatic heterocycles. The van der Waals surface area contributed by atoms with E-state index in [9.17, 15) is 22.8 Å². The van der Waals surface area contributed by atoms with Crippen molar-refractivity contribution in [3.05, 3.63) is 5.82 Å². The minimum Gasteiger partial charge on any atom is -0.450 e. The smallest absolute Gasteiger partial charge is 0.450 e. The Morgan fingerprint density at radius 2 is 2.05 bits per heavy atom. The van der Waals surface area contributed by atoms with E-state index in [-0.39, 0.29) is 17.5 Å². The third-order valence-corrected chi connectivity index (χ3v) is 2.96. The van der Waals surface area contributed by atoms with E-state index in [4.69, 9.17) is 0 Å². The SMILES string of the molecule is CCOC(=O)NC(=O)CSc1nnc(C(F)(F)F)n1C. The Kier molecular flexibility index (Phi) is 5.36. The first-order valence-electron chi connectivity index (χ1n) is 5.31. The lowest BCUT2D eigenvalue weighted by Crippen LogP contribution is -2.32. The number of carbonyl (C=O) groups excluding carboxylic acids is 2. The number of alkyl carbamates (subject to hydrolysis) is 1. The van der Waals surface area contributed by atoms with Gasteiger partial charge in [-0.05, 0) is 6.92 Å². The zero-order valence-electron chi connectivity index (χ0n) is 10.5. The zero-order valence-corrected chi connectivity index (χ0v) is 11.3. The molecule has 1 aromatic rings. The molecular weight excluding hydrogens is 301 g/mol. The largest absolute Gasteiger partial charge is 0.451 e. The maximum atomic E-state index is 12.4. The standard InChI is InChI=1S/C9H11F3N4O3S/c1-3-19-8(18)13-5(17)4-20-7-15-14-6(16(7)2)9(10,11)12/h3-4H2,1-2H3,(H,13,17,18). The number of rotatable bonds is 4. The summed E-state index contributed by atoms with van der Waals surface area (Å²) in [6, 6.07) is 0. The highest BCUT2D eigenvalue weighted by Crippen LogP contribution is 2.29. The number of amides is 2. The number of ether oxygens (including phenoxy) is 1. The molecule has 7 nitrogen and oxygen atoms in total. The van der Waals surface area contributed by atoms with E-state index in [0.29, 0.717) is 0 Å². The van der Waals surface area contributed by atoms with Gasteiger partial charge in [0, 0.05) is 7.05 Å². The average molecular weight is 312 g/mol. The van der Waals surface area contributed by atoms with Crippen LogP contribution in [0.15, 0.2) is 5.16 Å². The molecule has 20 heavy (non-hydrogen) atoms. The van der Waals surface area contributed by atoms with E-state index in [0.717, 1.165) is 23.4 Å². The summed E-state index contributed by atoms with van der Waals surface area (Å²) in [5.41, 5.74) is 0. The molecule has 0 aliphatic carbocycles. The fourth-order valence-electron chi connectivity index (χ4n) is 1.13. The second-order valence-electron chi connectivity index (χ2n) is 3.42. The summed E-state index contributed by atoms with van der Waals surface area (Å²) in [5, 5.41) is 8.15. The summed E-state index contributed by atoms with van der Waals surface area (Å²) < 4.78 is 42.5. The molecule has 0 fully saturated rings. The van der Waals surface area contributed by atoms with Crippen molar-refractivity contribution in [3.8, 4) is 0 Å². The lowest BCUT2D eigenvalue weighted by atomic mass is 10.6. The summed E-state index contributed by atoms with van der Waals surface area (Å²) in [5.74, 6) is -2.15. The van der Waals surface area contributed by atoms with Gasteiger partial charge in [-0.1, -0.05) is 11.8 Å². The Bertz CT molecular complexity index is 503. The molecule has 0 aromatic carbocycles. The number of hydrogen-bond donors (Lipinski definition) is 1. The summed E-state index contributed by atoms with van der Waals surface area (Å²) in [6.07, 6.45) is -5.53. The second kappa shape index (κ2) is 6.59. The Morgan fingerprint density at radius 1 is 1.40 bits per heavy atom. The molecule has 1 heterocycles. The molecule has 0 bridgehead atoms. The van der Waals surface area contributed by atoms with Crippen LogP contribution in [0, 0.1) is 0 Å². The van der Waals surface area contributed by atoms with Crippen molar-refractivity contribution in [1.29, 1.82) is 0 Å². The summed E-state index contributed by atoms with van der Waals surface area (Å²) in [4.78, 5) is 22.2. The van der Waals surface area contributed by atoms with E-state index < -0.39 is 24.0 Å². The van der Waals surface area contributed by atoms with Crippen LogP contribution in [0.3, 0.4) is 0 Å². The minimum atomic E-state index is -4.62. The van der Waals surface area contributed by atoms with E-state index >= 15 is 0 Å². The highest BCUT2D eigenvalue weighted by Gasteiger charge is 2.37. The molecule has 11 heteroatoms. The van der Waals surface area contributed by atoms with Gasteiger partial charge >= 0.3 is 12.3 Å². The van der Waals surface area contributed by atoms with Crippen LogP contribution >= 0.6 is 11.8 Å². The van der Waals surface area contributed by atoms with E-state index in [2.05, 4.69) is 14.9 Å². The van der Waals surface area contributed by atoms with Gasteiger partial charge in [0.25, 0.3) is 0 Å². The molecule has 1 N–H and O–H groups in total. The highest BCUT2D eigenvalue weighted by molar-refractivity contribution is 7.99. The Balaban J connectivity index is 2.57. The molecule has 0 aliphatic rings. The predicted octanol–water partition coefficient (Wildman–Crippen LogP) is 1.20. The number of carbonyl (C=O) groups is 2. The third-order valence-electron chi connectivity index (χ3n) is 1.94. The third kappa shape index (κ3) is 4.40. The van der Waals surface area contributed by atoms with Gasteiger partial charge < -0.3 is 9.30 Å². The molecule has 0 spiro atoms. The van der Waals surface area contributed by atoms with Gasteiger partial charge in [0.05, 0.1) is 12.4 Å². The number of aromatic nitrogens is 3. The fourth-order valence-corrected chi connectivity index (χ4v) is 1.85. The summed E-state index contributed by atoms with van der Waals surface area (Å²) in [7, 11) is 1.13. The first kappa shape index (κ1) is 16.3. The van der Waals surface area contributed by atoms with Crippen LogP contribution in [0.1, 0.15) is 12.7 Å². The van der Waals surface area contributed by atoms with E-state index in [1.54, 1.807) is 6.92 Å². The number of halogens is 3. The van der Waals surface area contributed by atoms with Crippen LogP contribution in [0.25, 0.3) is 0 Å². The molecule has 0 atom stereocenters. The molecule has 0 unspecified atom stereocenters. The number of nitrogens with one attached hydrogen (secondary N) is 1. The molecule has 0 saturated carbocycles. The molecule has 0 saturated heterocycles. The minimum absolute atomic E-state index is 0.0867. The van der Waals surface area contributed by atoms with Crippen molar-refractivity contribution in [2.24, 2.45) is 7.05 Å². The van der Waals surface area contributed by atoms with Gasteiger partial charge in [0.1, 0.15) is 0 Å². The zero-order chi connectivity index (χ0) is 15.3. The Morgan fingerprint density at radius 3 is 2.55 bits per heavy atom. The average Bonchev–Trinajstić information content (AvgIpc) is 2.68. The molecule has 112 valence electrons. The van der Waals surface area contributed by atoms with Crippen LogP contribution < -0.4 is 5.32 Å². The number of thioether (sulfide) groups is 1. The fraction of sp³-hybridized carbons (Fsp3) is 0.556. The Labute approximate surface area is 115 Å². The number of nitrogens with zero attached hydrogens (tertiary/aromatic N) is 3. The van der Waals surface area contributed by atoms with Crippen molar-refractivity contribution >= 4 is 23.8 Å². The van der Waals surface area contributed by atoms with Crippen molar-refractivity contribution < 1.29 is 27.5 Å². The van der Waals surface area contributed by atoms with Crippen molar-refractivity contribution in [1.82, 2.24) is 20.1 Å². The first-order chi connectivity index (χ1) is 9.25. The van der Waals surface area contributed by atoms with Gasteiger partial charge in [-0.3, -0.25) is 10.1 Å². The molecule has 0 aliphatic heterocycles. The topological polar surface area (TPSA) is 86.1 Å². The predicted molar refractivity (Wildman–Crippen MR) is 61.9 cm³/mol. The number of imide groups is 1. The van der Waals surface area contributed by atoms with Gasteiger partial charge in [0.15, 0.2) is 5.16 Å². The van der Waals surface area contributed by atoms with Crippen LogP contribution in [0.5, 0.6) is 0 Å². The van der Waals surface area contributed by atoms with Crippen LogP contribution in [-0.4, -0.2) is 39.1 Å². The van der Waals surface area contributed by atoms with Gasteiger partial charge in [-0.25, -0.2) is 4.79 Å². The summed E-state index contributed by atoms with van der Waals surface area (Å²) >= 11 is 0.722. The summed E-state index contributed by atoms with van der Waals surface area (Å²) in [6.45, 7) is 1.67. The number of hydrogen-bond acceptors (Lipinski definition) is 6. The second-order valence-corrected chi connectivity index (χ2v) is 4.36. The molecule has 1 rings (SSSR count). The maximum absolute atomic E-state index is 12.4. The molecule has 2 amide bonds. The van der Waals surface area contributed by atoms with Crippen LogP contribution in [0.2, 0.25) is 0 Å². The van der Waals surface area contributed by atoms with Crippen LogP contribution in [-0.2, 0) is 22.8 Å². The monoisotopic (exact) mass is 312 g/mol. The van der Waals surface area contributed by atoms with Crippen molar-refractivity contribution in [3.63, 3.8) is 0 Å². The van der Waals surface area contributed by atoms with Gasteiger partial charge in [-0.15, -0.1) is 10.2 Å². The normalized spacial score (nSPS) is 11.2. The number of alkyl halides is 3. The maximum Gasteiger partial charge on any atom is 0.451 e. The van der Waals surface area contributed by atoms with Crippen LogP contribution in [0.4, 0.5) is 18.0 Å². The lowest BCUT2D eigenvalue weighted by molar-refractivity contribution is -0.147. The molecular formula is C9H11F3N4O3S. The van der Waals surface area contributed by atoms with E-state index in [1.807, 2.05) is 5.32 Å². The van der Waals surface area contributed by atoms with Crippen molar-refractivity contribution in [2.75, 3.05) is 12.4 Å². The van der Waals surface area contributed by atoms with Gasteiger partial charge in [0.2, 0.25) is 11.7 Å². The van der Waals surface area contributed by atoms with Gasteiger partial charge in [-0.2, -0.15) is 13.2 Å². The van der Waals surface area contributed by atoms with E-state index in [1.165, 1.54) is 0 Å². The van der Waals surface area contributed by atoms with Crippen molar-refractivity contribution in [2.45, 2.75) is 18.3 Å². The quantitative estimate of drug-likeness (QED) is 0.841. The lowest BCUT2D eigenvalue weighted by Gasteiger charge is -2.06. The highest BCUT2D eigenvalue weighted by atomic mass is 32.2. The first-order valence-corrected chi connectivity index (χ1v) is 6.30. The molecule has 0 radical (unpaired) electrons.